The topological polar surface area (TPSA) is 42.4 Å². The standard InChI is InChI=1S/C29H31FN2O2/c30-25-12-5-4-10-23(25)20-24-11-6-13-26(31-24)27-14-7-17-32(27)28(33)29(15-18-34-19-16-29)21-22-8-2-1-3-9-22/h1-6,8-13,27H,7,14-21H2. The summed E-state index contributed by atoms with van der Waals surface area (Å²) in [5, 5.41) is 0. The van der Waals surface area contributed by atoms with Crippen LogP contribution in [-0.2, 0) is 22.4 Å². The number of nitrogens with zero attached hydrogens (tertiary/aromatic N) is 2. The van der Waals surface area contributed by atoms with Crippen molar-refractivity contribution in [3.8, 4) is 0 Å². The smallest absolute Gasteiger partial charge is 0.229 e. The van der Waals surface area contributed by atoms with Gasteiger partial charge in [-0.2, -0.15) is 0 Å². The van der Waals surface area contributed by atoms with Gasteiger partial charge < -0.3 is 9.64 Å². The molecule has 2 aliphatic heterocycles. The van der Waals surface area contributed by atoms with E-state index in [2.05, 4.69) is 17.0 Å². The number of carbonyl (C=O) groups is 1. The third-order valence-corrected chi connectivity index (χ3v) is 7.30. The third kappa shape index (κ3) is 4.76. The molecule has 5 heteroatoms. The molecule has 0 spiro atoms. The molecular weight excluding hydrogens is 427 g/mol. The second-order valence-corrected chi connectivity index (χ2v) is 9.53. The molecule has 2 aromatic carbocycles. The molecule has 0 radical (unpaired) electrons. The summed E-state index contributed by atoms with van der Waals surface area (Å²) in [5.74, 6) is 0.0122. The van der Waals surface area contributed by atoms with Crippen molar-refractivity contribution in [1.82, 2.24) is 9.88 Å². The fourth-order valence-electron chi connectivity index (χ4n) is 5.46. The molecule has 1 amide bonds. The minimum atomic E-state index is -0.438. The zero-order valence-corrected chi connectivity index (χ0v) is 19.5. The molecular formula is C29H31FN2O2. The minimum Gasteiger partial charge on any atom is -0.381 e. The lowest BCUT2D eigenvalue weighted by molar-refractivity contribution is -0.149. The van der Waals surface area contributed by atoms with Crippen molar-refractivity contribution in [1.29, 1.82) is 0 Å². The fraction of sp³-hybridized carbons (Fsp3) is 0.379. The van der Waals surface area contributed by atoms with E-state index in [1.54, 1.807) is 12.1 Å². The number of ether oxygens (including phenoxy) is 1. The number of amides is 1. The molecule has 1 unspecified atom stereocenters. The Morgan fingerprint density at radius 3 is 2.56 bits per heavy atom. The van der Waals surface area contributed by atoms with Crippen LogP contribution in [0.2, 0.25) is 0 Å². The molecule has 0 N–H and O–H groups in total. The van der Waals surface area contributed by atoms with E-state index in [-0.39, 0.29) is 17.8 Å². The Hall–Kier alpha value is -3.05. The van der Waals surface area contributed by atoms with Crippen molar-refractivity contribution in [3.05, 3.63) is 101 Å². The van der Waals surface area contributed by atoms with Crippen molar-refractivity contribution < 1.29 is 13.9 Å². The van der Waals surface area contributed by atoms with Crippen LogP contribution in [-0.4, -0.2) is 35.5 Å². The lowest BCUT2D eigenvalue weighted by Crippen LogP contribution is -2.48. The highest BCUT2D eigenvalue weighted by Crippen LogP contribution is 2.41. The van der Waals surface area contributed by atoms with Crippen LogP contribution < -0.4 is 0 Å². The first kappa shape index (κ1) is 22.7. The second kappa shape index (κ2) is 10.1. The number of hydrogen-bond donors (Lipinski definition) is 0. The highest BCUT2D eigenvalue weighted by molar-refractivity contribution is 5.84. The summed E-state index contributed by atoms with van der Waals surface area (Å²) in [4.78, 5) is 21.1. The Kier molecular flexibility index (Phi) is 6.73. The quantitative estimate of drug-likeness (QED) is 0.489. The van der Waals surface area contributed by atoms with Crippen LogP contribution in [0, 0.1) is 11.2 Å². The lowest BCUT2D eigenvalue weighted by Gasteiger charge is -2.40. The largest absolute Gasteiger partial charge is 0.381 e. The summed E-state index contributed by atoms with van der Waals surface area (Å²) in [6.45, 7) is 1.99. The molecule has 5 rings (SSSR count). The first-order valence-electron chi connectivity index (χ1n) is 12.3. The van der Waals surface area contributed by atoms with Gasteiger partial charge in [0, 0.05) is 31.9 Å². The van der Waals surface area contributed by atoms with Crippen molar-refractivity contribution in [2.24, 2.45) is 5.41 Å². The summed E-state index contributed by atoms with van der Waals surface area (Å²) in [6.07, 6.45) is 4.53. The van der Waals surface area contributed by atoms with E-state index in [0.717, 1.165) is 50.0 Å². The maximum atomic E-state index is 14.2. The first-order chi connectivity index (χ1) is 16.6. The SMILES string of the molecule is O=C(N1CCCC1c1cccc(Cc2ccccc2F)n1)C1(Cc2ccccc2)CCOCC1. The summed E-state index contributed by atoms with van der Waals surface area (Å²) in [6, 6.07) is 23.0. The van der Waals surface area contributed by atoms with Crippen LogP contribution in [0.4, 0.5) is 4.39 Å². The Bertz CT molecular complexity index is 1130. The number of carbonyl (C=O) groups excluding carboxylic acids is 1. The van der Waals surface area contributed by atoms with Crippen LogP contribution in [0.3, 0.4) is 0 Å². The average molecular weight is 459 g/mol. The monoisotopic (exact) mass is 458 g/mol. The predicted molar refractivity (Wildman–Crippen MR) is 130 cm³/mol. The molecule has 0 saturated carbocycles. The van der Waals surface area contributed by atoms with Gasteiger partial charge in [0.15, 0.2) is 0 Å². The highest BCUT2D eigenvalue weighted by atomic mass is 19.1. The molecule has 34 heavy (non-hydrogen) atoms. The first-order valence-corrected chi connectivity index (χ1v) is 12.3. The molecule has 4 nitrogen and oxygen atoms in total. The highest BCUT2D eigenvalue weighted by Gasteiger charge is 2.45. The Balaban J connectivity index is 1.39. The normalized spacial score (nSPS) is 19.8. The van der Waals surface area contributed by atoms with Gasteiger partial charge >= 0.3 is 0 Å². The molecule has 1 atom stereocenters. The van der Waals surface area contributed by atoms with E-state index in [1.165, 1.54) is 11.6 Å². The van der Waals surface area contributed by atoms with E-state index >= 15 is 0 Å². The van der Waals surface area contributed by atoms with Gasteiger partial charge in [-0.1, -0.05) is 54.6 Å². The molecule has 3 heterocycles. The maximum Gasteiger partial charge on any atom is 0.229 e. The van der Waals surface area contributed by atoms with E-state index in [9.17, 15) is 9.18 Å². The molecule has 2 aliphatic rings. The number of likely N-dealkylation sites (tertiary alicyclic amines) is 1. The Morgan fingerprint density at radius 2 is 1.76 bits per heavy atom. The van der Waals surface area contributed by atoms with Crippen molar-refractivity contribution in [3.63, 3.8) is 0 Å². The number of benzene rings is 2. The summed E-state index contributed by atoms with van der Waals surface area (Å²) >= 11 is 0. The van der Waals surface area contributed by atoms with Crippen molar-refractivity contribution in [2.75, 3.05) is 19.8 Å². The molecule has 3 aromatic rings. The molecule has 176 valence electrons. The van der Waals surface area contributed by atoms with Gasteiger partial charge in [0.2, 0.25) is 5.91 Å². The molecule has 2 saturated heterocycles. The number of rotatable bonds is 6. The van der Waals surface area contributed by atoms with Crippen LogP contribution in [0.1, 0.15) is 54.2 Å². The molecule has 2 fully saturated rings. The third-order valence-electron chi connectivity index (χ3n) is 7.30. The zero-order chi connectivity index (χ0) is 23.4. The van der Waals surface area contributed by atoms with Gasteiger partial charge in [-0.05, 0) is 61.4 Å². The summed E-state index contributed by atoms with van der Waals surface area (Å²) in [7, 11) is 0. The maximum absolute atomic E-state index is 14.2. The fourth-order valence-corrected chi connectivity index (χ4v) is 5.46. The van der Waals surface area contributed by atoms with Crippen LogP contribution >= 0.6 is 0 Å². The number of pyridine rings is 1. The van der Waals surface area contributed by atoms with Gasteiger partial charge in [-0.3, -0.25) is 9.78 Å². The predicted octanol–water partition coefficient (Wildman–Crippen LogP) is 5.51. The zero-order valence-electron chi connectivity index (χ0n) is 19.5. The average Bonchev–Trinajstić information content (AvgIpc) is 3.36. The van der Waals surface area contributed by atoms with Crippen LogP contribution in [0.15, 0.2) is 72.8 Å². The van der Waals surface area contributed by atoms with Gasteiger partial charge in [0.1, 0.15) is 5.82 Å². The molecule has 0 bridgehead atoms. The summed E-state index contributed by atoms with van der Waals surface area (Å²) < 4.78 is 19.8. The van der Waals surface area contributed by atoms with E-state index in [4.69, 9.17) is 9.72 Å². The number of halogens is 1. The van der Waals surface area contributed by atoms with Gasteiger partial charge in [0.25, 0.3) is 0 Å². The van der Waals surface area contributed by atoms with Gasteiger partial charge in [0.05, 0.1) is 17.2 Å². The van der Waals surface area contributed by atoms with Crippen LogP contribution in [0.5, 0.6) is 0 Å². The Morgan fingerprint density at radius 1 is 1.00 bits per heavy atom. The minimum absolute atomic E-state index is 0.0384. The van der Waals surface area contributed by atoms with E-state index < -0.39 is 5.41 Å². The number of aromatic nitrogens is 1. The van der Waals surface area contributed by atoms with Gasteiger partial charge in [-0.25, -0.2) is 4.39 Å². The molecule has 1 aromatic heterocycles. The Labute approximate surface area is 200 Å². The van der Waals surface area contributed by atoms with E-state index in [0.29, 0.717) is 25.2 Å². The van der Waals surface area contributed by atoms with Gasteiger partial charge in [-0.15, -0.1) is 0 Å². The van der Waals surface area contributed by atoms with Crippen molar-refractivity contribution >= 4 is 5.91 Å². The molecule has 0 aliphatic carbocycles. The van der Waals surface area contributed by atoms with E-state index in [1.807, 2.05) is 42.5 Å². The second-order valence-electron chi connectivity index (χ2n) is 9.53. The van der Waals surface area contributed by atoms with Crippen LogP contribution in [0.25, 0.3) is 0 Å². The summed E-state index contributed by atoms with van der Waals surface area (Å²) in [5.41, 5.74) is 3.12. The van der Waals surface area contributed by atoms with Crippen molar-refractivity contribution in [2.45, 2.75) is 44.6 Å². The number of hydrogen-bond acceptors (Lipinski definition) is 3. The lowest BCUT2D eigenvalue weighted by atomic mass is 9.74.